The fourth-order valence-electron chi connectivity index (χ4n) is 2.44. The molecule has 2 atom stereocenters. The van der Waals surface area contributed by atoms with Crippen LogP contribution in [0.4, 0.5) is 0 Å². The monoisotopic (exact) mass is 345 g/mol. The van der Waals surface area contributed by atoms with Gasteiger partial charge in [-0.15, -0.1) is 0 Å². The van der Waals surface area contributed by atoms with E-state index in [1.165, 1.54) is 0 Å². The third-order valence-corrected chi connectivity index (χ3v) is 4.76. The Kier molecular flexibility index (Phi) is 4.23. The molecule has 1 aliphatic rings. The summed E-state index contributed by atoms with van der Waals surface area (Å²) in [5.74, 6) is -0.140. The Morgan fingerprint density at radius 2 is 2.21 bits per heavy atom. The van der Waals surface area contributed by atoms with Crippen molar-refractivity contribution in [3.8, 4) is 0 Å². The average molecular weight is 347 g/mol. The van der Waals surface area contributed by atoms with Crippen LogP contribution in [0.3, 0.4) is 0 Å². The number of ether oxygens (including phenoxy) is 1. The van der Waals surface area contributed by atoms with Gasteiger partial charge in [0.15, 0.2) is 0 Å². The highest BCUT2D eigenvalue weighted by molar-refractivity contribution is 9.10. The third-order valence-electron chi connectivity index (χ3n) is 3.94. The summed E-state index contributed by atoms with van der Waals surface area (Å²) in [6.07, 6.45) is 1.02. The molecule has 2 rings (SSSR count). The Morgan fingerprint density at radius 3 is 2.79 bits per heavy atom. The van der Waals surface area contributed by atoms with Gasteiger partial charge in [-0.1, -0.05) is 41.4 Å². The molecule has 1 saturated carbocycles. The summed E-state index contributed by atoms with van der Waals surface area (Å²) in [6, 6.07) is 5.37. The van der Waals surface area contributed by atoms with Crippen molar-refractivity contribution in [1.29, 1.82) is 0 Å². The van der Waals surface area contributed by atoms with Gasteiger partial charge in [0.1, 0.15) is 0 Å². The van der Waals surface area contributed by atoms with Gasteiger partial charge in [-0.25, -0.2) is 0 Å². The van der Waals surface area contributed by atoms with Crippen molar-refractivity contribution in [3.05, 3.63) is 33.3 Å². The van der Waals surface area contributed by atoms with Crippen LogP contribution in [0, 0.1) is 5.41 Å². The van der Waals surface area contributed by atoms with Crippen molar-refractivity contribution >= 4 is 33.4 Å². The number of amides is 1. The molecule has 2 unspecified atom stereocenters. The normalized spacial score (nSPS) is 24.7. The molecule has 1 aromatic carbocycles. The van der Waals surface area contributed by atoms with Gasteiger partial charge in [-0.2, -0.15) is 0 Å². The SMILES string of the molecule is COC1CC(NC(=O)c2cc(Br)ccc2Cl)C1(C)C. The predicted molar refractivity (Wildman–Crippen MR) is 79.6 cm³/mol. The maximum absolute atomic E-state index is 12.2. The van der Waals surface area contributed by atoms with Gasteiger partial charge in [0, 0.05) is 23.0 Å². The first-order valence-electron chi connectivity index (χ1n) is 6.15. The van der Waals surface area contributed by atoms with E-state index >= 15 is 0 Å². The van der Waals surface area contributed by atoms with E-state index in [1.807, 2.05) is 6.07 Å². The summed E-state index contributed by atoms with van der Waals surface area (Å²) in [4.78, 5) is 12.2. The van der Waals surface area contributed by atoms with Crippen molar-refractivity contribution in [2.45, 2.75) is 32.4 Å². The van der Waals surface area contributed by atoms with E-state index in [0.29, 0.717) is 10.6 Å². The molecule has 0 aromatic heterocycles. The van der Waals surface area contributed by atoms with Crippen LogP contribution in [0.25, 0.3) is 0 Å². The Balaban J connectivity index is 2.09. The highest BCUT2D eigenvalue weighted by atomic mass is 79.9. The van der Waals surface area contributed by atoms with Crippen LogP contribution < -0.4 is 5.32 Å². The molecule has 0 spiro atoms. The number of carbonyl (C=O) groups is 1. The molecule has 5 heteroatoms. The molecule has 0 heterocycles. The lowest BCUT2D eigenvalue weighted by Gasteiger charge is -2.51. The quantitative estimate of drug-likeness (QED) is 0.907. The fraction of sp³-hybridized carbons (Fsp3) is 0.500. The van der Waals surface area contributed by atoms with Crippen LogP contribution in [0.5, 0.6) is 0 Å². The number of nitrogens with one attached hydrogen (secondary N) is 1. The lowest BCUT2D eigenvalue weighted by Crippen LogP contribution is -2.61. The third kappa shape index (κ3) is 2.81. The van der Waals surface area contributed by atoms with Crippen molar-refractivity contribution in [1.82, 2.24) is 5.32 Å². The van der Waals surface area contributed by atoms with E-state index in [1.54, 1.807) is 19.2 Å². The molecule has 0 radical (unpaired) electrons. The van der Waals surface area contributed by atoms with Crippen LogP contribution in [0.1, 0.15) is 30.6 Å². The number of hydrogen-bond acceptors (Lipinski definition) is 2. The van der Waals surface area contributed by atoms with Crippen LogP contribution >= 0.6 is 27.5 Å². The highest BCUT2D eigenvalue weighted by Gasteiger charge is 2.49. The second kappa shape index (κ2) is 5.43. The molecule has 1 N–H and O–H groups in total. The van der Waals surface area contributed by atoms with E-state index in [4.69, 9.17) is 16.3 Å². The molecule has 19 heavy (non-hydrogen) atoms. The van der Waals surface area contributed by atoms with Crippen molar-refractivity contribution in [2.24, 2.45) is 5.41 Å². The van der Waals surface area contributed by atoms with Crippen molar-refractivity contribution in [2.75, 3.05) is 7.11 Å². The summed E-state index contributed by atoms with van der Waals surface area (Å²) in [6.45, 7) is 4.19. The lowest BCUT2D eigenvalue weighted by molar-refractivity contribution is -0.0942. The standard InChI is InChI=1S/C14H17BrClNO2/c1-14(2)11(7-12(14)19-3)17-13(18)9-6-8(15)4-5-10(9)16/h4-6,11-12H,7H2,1-3H3,(H,17,18). The largest absolute Gasteiger partial charge is 0.381 e. The van der Waals surface area contributed by atoms with Gasteiger partial charge in [-0.05, 0) is 24.6 Å². The zero-order valence-electron chi connectivity index (χ0n) is 11.2. The maximum Gasteiger partial charge on any atom is 0.253 e. The molecule has 1 fully saturated rings. The summed E-state index contributed by atoms with van der Waals surface area (Å²) < 4.78 is 6.21. The molecule has 104 valence electrons. The van der Waals surface area contributed by atoms with Crippen LogP contribution in [-0.2, 0) is 4.74 Å². The Hall–Kier alpha value is -0.580. The minimum atomic E-state index is -0.140. The minimum Gasteiger partial charge on any atom is -0.381 e. The molecule has 0 bridgehead atoms. The highest BCUT2D eigenvalue weighted by Crippen LogP contribution is 2.42. The van der Waals surface area contributed by atoms with E-state index in [-0.39, 0.29) is 23.5 Å². The second-order valence-corrected chi connectivity index (χ2v) is 6.75. The zero-order chi connectivity index (χ0) is 14.2. The second-order valence-electron chi connectivity index (χ2n) is 5.43. The van der Waals surface area contributed by atoms with E-state index in [0.717, 1.165) is 10.9 Å². The Bertz CT molecular complexity index is 504. The average Bonchev–Trinajstić information content (AvgIpc) is 2.36. The van der Waals surface area contributed by atoms with E-state index in [9.17, 15) is 4.79 Å². The summed E-state index contributed by atoms with van der Waals surface area (Å²) in [5.41, 5.74) is 0.441. The smallest absolute Gasteiger partial charge is 0.253 e. The number of halogens is 2. The first-order valence-corrected chi connectivity index (χ1v) is 7.32. The summed E-state index contributed by atoms with van der Waals surface area (Å²) >= 11 is 9.40. The molecule has 0 aliphatic heterocycles. The van der Waals surface area contributed by atoms with Gasteiger partial charge < -0.3 is 10.1 Å². The van der Waals surface area contributed by atoms with Crippen molar-refractivity contribution < 1.29 is 9.53 Å². The molecule has 1 amide bonds. The molecule has 3 nitrogen and oxygen atoms in total. The van der Waals surface area contributed by atoms with Crippen LogP contribution in [0.15, 0.2) is 22.7 Å². The van der Waals surface area contributed by atoms with Crippen LogP contribution in [-0.4, -0.2) is 25.2 Å². The number of benzene rings is 1. The Labute approximate surface area is 126 Å². The lowest BCUT2D eigenvalue weighted by atomic mass is 9.64. The van der Waals surface area contributed by atoms with E-state index in [2.05, 4.69) is 35.1 Å². The predicted octanol–water partition coefficient (Wildman–Crippen LogP) is 3.65. The molecule has 1 aliphatic carbocycles. The molecular weight excluding hydrogens is 330 g/mol. The molecular formula is C14H17BrClNO2. The summed E-state index contributed by atoms with van der Waals surface area (Å²) in [7, 11) is 1.70. The van der Waals surface area contributed by atoms with Gasteiger partial charge in [-0.3, -0.25) is 4.79 Å². The number of methoxy groups -OCH3 is 1. The fourth-order valence-corrected chi connectivity index (χ4v) is 3.00. The minimum absolute atomic E-state index is 0.0527. The molecule has 1 aromatic rings. The first-order chi connectivity index (χ1) is 8.86. The van der Waals surface area contributed by atoms with Crippen LogP contribution in [0.2, 0.25) is 5.02 Å². The molecule has 0 saturated heterocycles. The first kappa shape index (κ1) is 14.8. The zero-order valence-corrected chi connectivity index (χ0v) is 13.5. The topological polar surface area (TPSA) is 38.3 Å². The number of hydrogen-bond donors (Lipinski definition) is 1. The summed E-state index contributed by atoms with van der Waals surface area (Å²) in [5, 5.41) is 3.49. The maximum atomic E-state index is 12.2. The van der Waals surface area contributed by atoms with Gasteiger partial charge in [0.05, 0.1) is 16.7 Å². The Morgan fingerprint density at radius 1 is 1.53 bits per heavy atom. The number of carbonyl (C=O) groups excluding carboxylic acids is 1. The van der Waals surface area contributed by atoms with Crippen molar-refractivity contribution in [3.63, 3.8) is 0 Å². The number of rotatable bonds is 3. The van der Waals surface area contributed by atoms with Gasteiger partial charge >= 0.3 is 0 Å². The van der Waals surface area contributed by atoms with Gasteiger partial charge in [0.25, 0.3) is 5.91 Å². The van der Waals surface area contributed by atoms with E-state index < -0.39 is 0 Å². The van der Waals surface area contributed by atoms with Gasteiger partial charge in [0.2, 0.25) is 0 Å².